The van der Waals surface area contributed by atoms with E-state index in [2.05, 4.69) is 5.10 Å². The van der Waals surface area contributed by atoms with Crippen LogP contribution < -0.4 is 18.9 Å². The molecule has 35 heavy (non-hydrogen) atoms. The standard InChI is InChI=1S/C26H23ClN2O5S/c1-16-24(35-20-12-10-18(27)11-13-20)25(29(28-16)19-8-6-5-7-9-19)34-26(30)17-14-21(31-2)23(33-4)22(15-17)32-3/h5-15H,1-4H3. The molecule has 4 aromatic rings. The van der Waals surface area contributed by atoms with Crippen LogP contribution in [0.1, 0.15) is 16.1 Å². The van der Waals surface area contributed by atoms with E-state index >= 15 is 0 Å². The van der Waals surface area contributed by atoms with Gasteiger partial charge in [-0.25, -0.2) is 4.79 Å². The van der Waals surface area contributed by atoms with Gasteiger partial charge in [-0.3, -0.25) is 0 Å². The quantitative estimate of drug-likeness (QED) is 0.260. The van der Waals surface area contributed by atoms with Gasteiger partial charge in [0.05, 0.1) is 43.2 Å². The zero-order valence-corrected chi connectivity index (χ0v) is 21.1. The van der Waals surface area contributed by atoms with Gasteiger partial charge in [0.2, 0.25) is 11.6 Å². The Labute approximate surface area is 212 Å². The van der Waals surface area contributed by atoms with Crippen LogP contribution in [-0.4, -0.2) is 37.1 Å². The highest BCUT2D eigenvalue weighted by Gasteiger charge is 2.24. The maximum atomic E-state index is 13.4. The summed E-state index contributed by atoms with van der Waals surface area (Å²) in [5.41, 5.74) is 1.70. The van der Waals surface area contributed by atoms with Gasteiger partial charge in [-0.2, -0.15) is 9.78 Å². The van der Waals surface area contributed by atoms with Crippen molar-refractivity contribution >= 4 is 29.3 Å². The highest BCUT2D eigenvalue weighted by molar-refractivity contribution is 7.99. The number of hydrogen-bond donors (Lipinski definition) is 0. The van der Waals surface area contributed by atoms with Crippen LogP contribution in [0.2, 0.25) is 5.02 Å². The molecule has 180 valence electrons. The molecule has 0 aliphatic heterocycles. The summed E-state index contributed by atoms with van der Waals surface area (Å²) in [6.07, 6.45) is 0. The number of halogens is 1. The monoisotopic (exact) mass is 510 g/mol. The first-order chi connectivity index (χ1) is 16.9. The number of methoxy groups -OCH3 is 3. The molecule has 0 radical (unpaired) electrons. The van der Waals surface area contributed by atoms with Gasteiger partial charge in [0.15, 0.2) is 11.5 Å². The predicted octanol–water partition coefficient (Wildman–Crippen LogP) is 6.23. The Morgan fingerprint density at radius 3 is 2.11 bits per heavy atom. The molecule has 0 amide bonds. The van der Waals surface area contributed by atoms with Crippen molar-refractivity contribution in [3.8, 4) is 28.8 Å². The first-order valence-electron chi connectivity index (χ1n) is 10.6. The number of ether oxygens (including phenoxy) is 4. The minimum Gasteiger partial charge on any atom is -0.493 e. The lowest BCUT2D eigenvalue weighted by Crippen LogP contribution is -2.13. The molecule has 3 aromatic carbocycles. The van der Waals surface area contributed by atoms with Crippen molar-refractivity contribution in [3.05, 3.63) is 83.0 Å². The molecule has 0 saturated carbocycles. The maximum Gasteiger partial charge on any atom is 0.345 e. The molecule has 4 rings (SSSR count). The second-order valence-corrected chi connectivity index (χ2v) is 8.85. The van der Waals surface area contributed by atoms with Crippen molar-refractivity contribution in [2.45, 2.75) is 16.7 Å². The number of benzene rings is 3. The average Bonchev–Trinajstić information content (AvgIpc) is 3.19. The van der Waals surface area contributed by atoms with Gasteiger partial charge >= 0.3 is 5.97 Å². The molecular weight excluding hydrogens is 488 g/mol. The lowest BCUT2D eigenvalue weighted by atomic mass is 10.2. The average molecular weight is 511 g/mol. The minimum absolute atomic E-state index is 0.236. The first kappa shape index (κ1) is 24.5. The summed E-state index contributed by atoms with van der Waals surface area (Å²) in [7, 11) is 4.47. The number of aryl methyl sites for hydroxylation is 1. The van der Waals surface area contributed by atoms with E-state index in [-0.39, 0.29) is 5.56 Å². The molecule has 9 heteroatoms. The van der Waals surface area contributed by atoms with E-state index in [1.54, 1.807) is 16.8 Å². The largest absolute Gasteiger partial charge is 0.493 e. The van der Waals surface area contributed by atoms with Crippen molar-refractivity contribution in [1.82, 2.24) is 9.78 Å². The first-order valence-corrected chi connectivity index (χ1v) is 11.7. The van der Waals surface area contributed by atoms with Gasteiger partial charge in [-0.15, -0.1) is 0 Å². The Bertz CT molecular complexity index is 1320. The van der Waals surface area contributed by atoms with Gasteiger partial charge in [0, 0.05) is 9.92 Å². The third kappa shape index (κ3) is 5.23. The van der Waals surface area contributed by atoms with Crippen LogP contribution in [0.3, 0.4) is 0 Å². The molecule has 0 fully saturated rings. The number of nitrogens with zero attached hydrogens (tertiary/aromatic N) is 2. The number of rotatable bonds is 8. The number of carbonyl (C=O) groups is 1. The normalized spacial score (nSPS) is 10.7. The molecule has 0 atom stereocenters. The van der Waals surface area contributed by atoms with Crippen LogP contribution in [-0.2, 0) is 0 Å². The van der Waals surface area contributed by atoms with E-state index in [1.807, 2.05) is 61.5 Å². The van der Waals surface area contributed by atoms with Crippen LogP contribution in [0, 0.1) is 6.92 Å². The number of aromatic nitrogens is 2. The van der Waals surface area contributed by atoms with Crippen molar-refractivity contribution in [2.75, 3.05) is 21.3 Å². The van der Waals surface area contributed by atoms with E-state index in [0.29, 0.717) is 38.7 Å². The molecule has 0 unspecified atom stereocenters. The third-order valence-corrected chi connectivity index (χ3v) is 6.52. The van der Waals surface area contributed by atoms with Crippen LogP contribution >= 0.6 is 23.4 Å². The minimum atomic E-state index is -0.598. The molecule has 1 heterocycles. The molecule has 0 aliphatic rings. The lowest BCUT2D eigenvalue weighted by molar-refractivity contribution is 0.0717. The van der Waals surface area contributed by atoms with E-state index < -0.39 is 5.97 Å². The van der Waals surface area contributed by atoms with Crippen LogP contribution in [0.4, 0.5) is 0 Å². The second kappa shape index (κ2) is 10.8. The Kier molecular flexibility index (Phi) is 7.53. The Morgan fingerprint density at radius 2 is 1.54 bits per heavy atom. The molecule has 1 aromatic heterocycles. The molecule has 0 spiro atoms. The lowest BCUT2D eigenvalue weighted by Gasteiger charge is -2.14. The van der Waals surface area contributed by atoms with Gasteiger partial charge in [0.1, 0.15) is 0 Å². The van der Waals surface area contributed by atoms with Crippen LogP contribution in [0.5, 0.6) is 23.1 Å². The molecule has 7 nitrogen and oxygen atoms in total. The van der Waals surface area contributed by atoms with Gasteiger partial charge < -0.3 is 18.9 Å². The smallest absolute Gasteiger partial charge is 0.345 e. The van der Waals surface area contributed by atoms with Crippen LogP contribution in [0.15, 0.2) is 76.5 Å². The van der Waals surface area contributed by atoms with Crippen molar-refractivity contribution in [1.29, 1.82) is 0 Å². The topological polar surface area (TPSA) is 71.8 Å². The number of esters is 1. The summed E-state index contributed by atoms with van der Waals surface area (Å²) < 4.78 is 23.7. The van der Waals surface area contributed by atoms with Crippen molar-refractivity contribution in [3.63, 3.8) is 0 Å². The molecule has 0 N–H and O–H groups in total. The van der Waals surface area contributed by atoms with Crippen LogP contribution in [0.25, 0.3) is 5.69 Å². The van der Waals surface area contributed by atoms with E-state index in [1.165, 1.54) is 33.1 Å². The zero-order valence-electron chi connectivity index (χ0n) is 19.6. The van der Waals surface area contributed by atoms with Crippen molar-refractivity contribution < 1.29 is 23.7 Å². The fourth-order valence-electron chi connectivity index (χ4n) is 3.41. The molecule has 0 bridgehead atoms. The molecular formula is C26H23ClN2O5S. The van der Waals surface area contributed by atoms with Gasteiger partial charge in [0.25, 0.3) is 0 Å². The second-order valence-electron chi connectivity index (χ2n) is 7.33. The summed E-state index contributed by atoms with van der Waals surface area (Å²) in [5, 5.41) is 5.30. The van der Waals surface area contributed by atoms with Gasteiger partial charge in [-0.05, 0) is 55.5 Å². The SMILES string of the molecule is COc1cc(C(=O)Oc2c(Sc3ccc(Cl)cc3)c(C)nn2-c2ccccc2)cc(OC)c1OC. The van der Waals surface area contributed by atoms with E-state index in [4.69, 9.17) is 30.5 Å². The summed E-state index contributed by atoms with van der Waals surface area (Å²) in [4.78, 5) is 15.0. The maximum absolute atomic E-state index is 13.4. The number of carbonyl (C=O) groups excluding carboxylic acids is 1. The Morgan fingerprint density at radius 1 is 0.914 bits per heavy atom. The fourth-order valence-corrected chi connectivity index (χ4v) is 4.45. The summed E-state index contributed by atoms with van der Waals surface area (Å²) in [5.74, 6) is 0.784. The third-order valence-electron chi connectivity index (χ3n) is 5.09. The predicted molar refractivity (Wildman–Crippen MR) is 135 cm³/mol. The number of para-hydroxylation sites is 1. The summed E-state index contributed by atoms with van der Waals surface area (Å²) >= 11 is 7.48. The van der Waals surface area contributed by atoms with Gasteiger partial charge in [-0.1, -0.05) is 41.6 Å². The number of hydrogen-bond acceptors (Lipinski definition) is 7. The van der Waals surface area contributed by atoms with E-state index in [0.717, 1.165) is 10.6 Å². The highest BCUT2D eigenvalue weighted by atomic mass is 35.5. The molecule has 0 aliphatic carbocycles. The Hall–Kier alpha value is -3.62. The zero-order chi connectivity index (χ0) is 24.9. The Balaban J connectivity index is 1.78. The molecule has 0 saturated heterocycles. The highest BCUT2D eigenvalue weighted by Crippen LogP contribution is 2.41. The summed E-state index contributed by atoms with van der Waals surface area (Å²) in [6, 6.07) is 20.0. The summed E-state index contributed by atoms with van der Waals surface area (Å²) in [6.45, 7) is 1.87. The van der Waals surface area contributed by atoms with Crippen molar-refractivity contribution in [2.24, 2.45) is 0 Å². The van der Waals surface area contributed by atoms with E-state index in [9.17, 15) is 4.79 Å². The fraction of sp³-hybridized carbons (Fsp3) is 0.154.